The molecule has 3 rings (SSSR count). The predicted molar refractivity (Wildman–Crippen MR) is 101 cm³/mol. The monoisotopic (exact) mass is 344 g/mol. The van der Waals surface area contributed by atoms with E-state index in [1.54, 1.807) is 12.1 Å². The van der Waals surface area contributed by atoms with Gasteiger partial charge in [0.15, 0.2) is 5.78 Å². The van der Waals surface area contributed by atoms with Gasteiger partial charge in [-0.05, 0) is 86.8 Å². The summed E-state index contributed by atoms with van der Waals surface area (Å²) in [6.45, 7) is 3.73. The van der Waals surface area contributed by atoms with E-state index in [-0.39, 0.29) is 17.2 Å². The predicted octanol–water partition coefficient (Wildman–Crippen LogP) is 6.91. The Labute approximate surface area is 152 Å². The molecule has 0 aliphatic heterocycles. The zero-order valence-electron chi connectivity index (χ0n) is 15.9. The van der Waals surface area contributed by atoms with Crippen LogP contribution in [0.15, 0.2) is 18.2 Å². The molecule has 2 aliphatic carbocycles. The molecule has 0 atom stereocenters. The van der Waals surface area contributed by atoms with Gasteiger partial charge in [0.25, 0.3) is 0 Å². The fourth-order valence-corrected chi connectivity index (χ4v) is 5.35. The van der Waals surface area contributed by atoms with Gasteiger partial charge in [0.2, 0.25) is 0 Å². The van der Waals surface area contributed by atoms with Crippen molar-refractivity contribution >= 4 is 5.78 Å². The minimum Gasteiger partial charge on any atom is -0.294 e. The number of hydrogen-bond donors (Lipinski definition) is 0. The third kappa shape index (κ3) is 4.51. The fraction of sp³-hybridized carbons (Fsp3) is 0.696. The molecule has 1 aromatic carbocycles. The molecule has 0 aromatic heterocycles. The first-order valence-corrected chi connectivity index (χ1v) is 10.4. The van der Waals surface area contributed by atoms with Crippen molar-refractivity contribution in [2.75, 3.05) is 0 Å². The van der Waals surface area contributed by atoms with Crippen molar-refractivity contribution in [2.45, 2.75) is 84.0 Å². The molecule has 2 aliphatic rings. The van der Waals surface area contributed by atoms with Gasteiger partial charge in [-0.1, -0.05) is 38.7 Å². The molecule has 0 bridgehead atoms. The quantitative estimate of drug-likeness (QED) is 0.530. The first kappa shape index (κ1) is 18.6. The van der Waals surface area contributed by atoms with Crippen LogP contribution in [0.5, 0.6) is 0 Å². The van der Waals surface area contributed by atoms with Crippen LogP contribution in [0.1, 0.15) is 99.9 Å². The number of rotatable bonds is 5. The summed E-state index contributed by atoms with van der Waals surface area (Å²) in [5.74, 6) is 2.75. The van der Waals surface area contributed by atoms with Crippen LogP contribution in [0, 0.1) is 23.6 Å². The Kier molecular flexibility index (Phi) is 6.30. The largest absolute Gasteiger partial charge is 0.294 e. The van der Waals surface area contributed by atoms with Gasteiger partial charge >= 0.3 is 0 Å². The summed E-state index contributed by atoms with van der Waals surface area (Å²) in [4.78, 5) is 11.4. The summed E-state index contributed by atoms with van der Waals surface area (Å²) >= 11 is 0. The van der Waals surface area contributed by atoms with Gasteiger partial charge in [-0.2, -0.15) is 0 Å². The van der Waals surface area contributed by atoms with E-state index >= 15 is 0 Å². The van der Waals surface area contributed by atoms with Gasteiger partial charge in [0, 0.05) is 0 Å². The highest BCUT2D eigenvalue weighted by Gasteiger charge is 2.31. The van der Waals surface area contributed by atoms with Gasteiger partial charge in [-0.25, -0.2) is 4.39 Å². The van der Waals surface area contributed by atoms with E-state index in [0.717, 1.165) is 23.3 Å². The Hall–Kier alpha value is -1.18. The molecule has 0 saturated heterocycles. The molecule has 0 amide bonds. The highest BCUT2D eigenvalue weighted by atomic mass is 19.1. The highest BCUT2D eigenvalue weighted by molar-refractivity contribution is 5.94. The minimum absolute atomic E-state index is 0.188. The lowest BCUT2D eigenvalue weighted by Gasteiger charge is -2.38. The molecule has 0 radical (unpaired) electrons. The Morgan fingerprint density at radius 1 is 1.00 bits per heavy atom. The Bertz CT molecular complexity index is 578. The zero-order valence-corrected chi connectivity index (χ0v) is 15.9. The van der Waals surface area contributed by atoms with Gasteiger partial charge in [0.05, 0.1) is 5.56 Å². The number of ketones is 1. The number of halogens is 1. The molecular formula is C23H33FO. The van der Waals surface area contributed by atoms with Crippen LogP contribution in [0.2, 0.25) is 0 Å². The smallest absolute Gasteiger partial charge is 0.162 e. The second-order valence-electron chi connectivity index (χ2n) is 8.48. The summed E-state index contributed by atoms with van der Waals surface area (Å²) in [5.41, 5.74) is 1.31. The third-order valence-electron chi connectivity index (χ3n) is 6.87. The minimum atomic E-state index is -0.346. The standard InChI is InChI=1S/C23H33FO/c1-3-4-17-5-7-18(8-6-17)19-9-11-20(12-10-19)21-13-14-22(16(2)25)23(24)15-21/h13-15,17-20H,3-12H2,1-2H3. The van der Waals surface area contributed by atoms with Crippen LogP contribution >= 0.6 is 0 Å². The summed E-state index contributed by atoms with van der Waals surface area (Å²) in [6.07, 6.45) is 13.4. The van der Waals surface area contributed by atoms with Crippen LogP contribution in [0.3, 0.4) is 0 Å². The molecule has 0 spiro atoms. The maximum atomic E-state index is 14.1. The number of carbonyl (C=O) groups is 1. The Morgan fingerprint density at radius 3 is 2.12 bits per heavy atom. The molecule has 2 fully saturated rings. The van der Waals surface area contributed by atoms with Crippen LogP contribution in [0.4, 0.5) is 4.39 Å². The van der Waals surface area contributed by atoms with Crippen LogP contribution < -0.4 is 0 Å². The van der Waals surface area contributed by atoms with Crippen molar-refractivity contribution < 1.29 is 9.18 Å². The zero-order chi connectivity index (χ0) is 17.8. The van der Waals surface area contributed by atoms with E-state index < -0.39 is 0 Å². The lowest BCUT2D eigenvalue weighted by atomic mass is 9.68. The van der Waals surface area contributed by atoms with Crippen LogP contribution in [0.25, 0.3) is 0 Å². The van der Waals surface area contributed by atoms with E-state index in [4.69, 9.17) is 0 Å². The van der Waals surface area contributed by atoms with Crippen LogP contribution in [-0.4, -0.2) is 5.78 Å². The fourth-order valence-electron chi connectivity index (χ4n) is 5.35. The van der Waals surface area contributed by atoms with Crippen molar-refractivity contribution in [1.82, 2.24) is 0 Å². The maximum Gasteiger partial charge on any atom is 0.162 e. The van der Waals surface area contributed by atoms with Gasteiger partial charge < -0.3 is 0 Å². The number of carbonyl (C=O) groups excluding carboxylic acids is 1. The Balaban J connectivity index is 1.52. The second kappa shape index (κ2) is 8.47. The third-order valence-corrected chi connectivity index (χ3v) is 6.87. The van der Waals surface area contributed by atoms with Crippen molar-refractivity contribution in [3.63, 3.8) is 0 Å². The summed E-state index contributed by atoms with van der Waals surface area (Å²) < 4.78 is 14.1. The van der Waals surface area contributed by atoms with Gasteiger partial charge in [-0.3, -0.25) is 4.79 Å². The molecule has 0 unspecified atom stereocenters. The van der Waals surface area contributed by atoms with E-state index in [2.05, 4.69) is 6.92 Å². The normalized spacial score (nSPS) is 30.2. The first-order valence-electron chi connectivity index (χ1n) is 10.4. The molecular weight excluding hydrogens is 311 g/mol. The number of benzene rings is 1. The second-order valence-corrected chi connectivity index (χ2v) is 8.48. The maximum absolute atomic E-state index is 14.1. The van der Waals surface area contributed by atoms with Crippen LogP contribution in [-0.2, 0) is 0 Å². The lowest BCUT2D eigenvalue weighted by molar-refractivity contribution is 0.101. The van der Waals surface area contributed by atoms with E-state index in [1.165, 1.54) is 71.1 Å². The van der Waals surface area contributed by atoms with Gasteiger partial charge in [-0.15, -0.1) is 0 Å². The molecule has 2 heteroatoms. The van der Waals surface area contributed by atoms with E-state index in [0.29, 0.717) is 5.92 Å². The molecule has 2 saturated carbocycles. The summed E-state index contributed by atoms with van der Waals surface area (Å²) in [7, 11) is 0. The number of hydrogen-bond acceptors (Lipinski definition) is 1. The average Bonchev–Trinajstić information content (AvgIpc) is 2.62. The molecule has 0 N–H and O–H groups in total. The van der Waals surface area contributed by atoms with Gasteiger partial charge in [0.1, 0.15) is 5.82 Å². The van der Waals surface area contributed by atoms with E-state index in [9.17, 15) is 9.18 Å². The number of Topliss-reactive ketones (excluding diaryl/α,β-unsaturated/α-hetero) is 1. The highest BCUT2D eigenvalue weighted by Crippen LogP contribution is 2.44. The summed E-state index contributed by atoms with van der Waals surface area (Å²) in [6, 6.07) is 5.26. The molecule has 25 heavy (non-hydrogen) atoms. The van der Waals surface area contributed by atoms with Crippen molar-refractivity contribution in [3.8, 4) is 0 Å². The van der Waals surface area contributed by atoms with E-state index in [1.807, 2.05) is 6.07 Å². The topological polar surface area (TPSA) is 17.1 Å². The Morgan fingerprint density at radius 2 is 1.60 bits per heavy atom. The molecule has 1 aromatic rings. The molecule has 1 nitrogen and oxygen atoms in total. The summed E-state index contributed by atoms with van der Waals surface area (Å²) in [5, 5.41) is 0. The van der Waals surface area contributed by atoms with Crippen molar-refractivity contribution in [2.24, 2.45) is 17.8 Å². The molecule has 138 valence electrons. The first-order chi connectivity index (χ1) is 12.1. The molecule has 0 heterocycles. The average molecular weight is 345 g/mol. The lowest BCUT2D eigenvalue weighted by Crippen LogP contribution is -2.25. The van der Waals surface area contributed by atoms with Crippen molar-refractivity contribution in [1.29, 1.82) is 0 Å². The SMILES string of the molecule is CCCC1CCC(C2CCC(c3ccc(C(C)=O)c(F)c3)CC2)CC1. The van der Waals surface area contributed by atoms with Crippen molar-refractivity contribution in [3.05, 3.63) is 35.1 Å².